The number of rotatable bonds is 1. The zero-order valence-electron chi connectivity index (χ0n) is 7.23. The predicted molar refractivity (Wildman–Crippen MR) is 49.7 cm³/mol. The Morgan fingerprint density at radius 3 is 2.93 bits per heavy atom. The molecule has 0 radical (unpaired) electrons. The van der Waals surface area contributed by atoms with Crippen LogP contribution in [0, 0.1) is 6.92 Å². The number of hydrogen-bond donors (Lipinski definition) is 1. The van der Waals surface area contributed by atoms with E-state index in [1.54, 1.807) is 19.2 Å². The SMILES string of the molecule is Cc1ccnc2c(Cl)c(C(=O)O)nn12. The first kappa shape index (κ1) is 8.96. The number of fused-ring (bicyclic) bond motifs is 1. The maximum atomic E-state index is 10.7. The Hall–Kier alpha value is -1.62. The molecule has 0 saturated heterocycles. The lowest BCUT2D eigenvalue weighted by Crippen LogP contribution is -1.99. The lowest BCUT2D eigenvalue weighted by Gasteiger charge is -1.94. The molecule has 0 amide bonds. The Kier molecular flexibility index (Phi) is 1.89. The van der Waals surface area contributed by atoms with Gasteiger partial charge in [-0.1, -0.05) is 11.6 Å². The largest absolute Gasteiger partial charge is 0.476 e. The van der Waals surface area contributed by atoms with Crippen molar-refractivity contribution in [3.63, 3.8) is 0 Å². The van der Waals surface area contributed by atoms with Gasteiger partial charge in [0.1, 0.15) is 5.02 Å². The van der Waals surface area contributed by atoms with Gasteiger partial charge in [-0.2, -0.15) is 5.10 Å². The molecule has 0 aliphatic heterocycles. The van der Waals surface area contributed by atoms with Gasteiger partial charge in [-0.3, -0.25) is 0 Å². The lowest BCUT2D eigenvalue weighted by atomic mass is 10.4. The molecule has 6 heteroatoms. The number of aromatic nitrogens is 3. The first-order chi connectivity index (χ1) is 6.61. The summed E-state index contributed by atoms with van der Waals surface area (Å²) < 4.78 is 1.41. The molecule has 0 aliphatic carbocycles. The second-order valence-electron chi connectivity index (χ2n) is 2.79. The number of halogens is 1. The molecule has 2 aromatic heterocycles. The summed E-state index contributed by atoms with van der Waals surface area (Å²) in [6.07, 6.45) is 1.56. The van der Waals surface area contributed by atoms with Crippen LogP contribution in [-0.2, 0) is 0 Å². The number of aromatic carboxylic acids is 1. The molecule has 1 N–H and O–H groups in total. The molecule has 0 bridgehead atoms. The van der Waals surface area contributed by atoms with E-state index in [0.717, 1.165) is 5.69 Å². The fourth-order valence-corrected chi connectivity index (χ4v) is 1.42. The van der Waals surface area contributed by atoms with E-state index in [2.05, 4.69) is 10.1 Å². The molecule has 0 saturated carbocycles. The van der Waals surface area contributed by atoms with Crippen molar-refractivity contribution in [2.24, 2.45) is 0 Å². The second-order valence-corrected chi connectivity index (χ2v) is 3.17. The highest BCUT2D eigenvalue weighted by molar-refractivity contribution is 6.36. The quantitative estimate of drug-likeness (QED) is 0.774. The molecule has 72 valence electrons. The molecular formula is C8H6ClN3O2. The van der Waals surface area contributed by atoms with E-state index in [1.807, 2.05) is 0 Å². The summed E-state index contributed by atoms with van der Waals surface area (Å²) in [4.78, 5) is 14.7. The van der Waals surface area contributed by atoms with Crippen molar-refractivity contribution in [3.8, 4) is 0 Å². The van der Waals surface area contributed by atoms with Crippen LogP contribution in [0.15, 0.2) is 12.3 Å². The van der Waals surface area contributed by atoms with Crippen molar-refractivity contribution in [2.75, 3.05) is 0 Å². The zero-order valence-corrected chi connectivity index (χ0v) is 7.99. The minimum Gasteiger partial charge on any atom is -0.476 e. The van der Waals surface area contributed by atoms with Crippen molar-refractivity contribution < 1.29 is 9.90 Å². The van der Waals surface area contributed by atoms with E-state index in [1.165, 1.54) is 4.52 Å². The molecule has 2 aromatic rings. The number of aryl methyl sites for hydroxylation is 1. The third-order valence-corrected chi connectivity index (χ3v) is 2.20. The van der Waals surface area contributed by atoms with Crippen LogP contribution in [-0.4, -0.2) is 25.7 Å². The van der Waals surface area contributed by atoms with Gasteiger partial charge < -0.3 is 5.11 Å². The van der Waals surface area contributed by atoms with Gasteiger partial charge in [-0.15, -0.1) is 0 Å². The topological polar surface area (TPSA) is 67.5 Å². The summed E-state index contributed by atoms with van der Waals surface area (Å²) in [5.41, 5.74) is 0.974. The van der Waals surface area contributed by atoms with E-state index in [0.29, 0.717) is 5.65 Å². The van der Waals surface area contributed by atoms with Gasteiger partial charge in [0, 0.05) is 11.9 Å². The van der Waals surface area contributed by atoms with Gasteiger partial charge in [0.2, 0.25) is 0 Å². The number of carbonyl (C=O) groups is 1. The van der Waals surface area contributed by atoms with E-state index in [4.69, 9.17) is 16.7 Å². The average molecular weight is 212 g/mol. The number of hydrogen-bond acceptors (Lipinski definition) is 3. The van der Waals surface area contributed by atoms with Crippen LogP contribution in [0.1, 0.15) is 16.2 Å². The molecule has 0 unspecified atom stereocenters. The van der Waals surface area contributed by atoms with Crippen molar-refractivity contribution in [2.45, 2.75) is 6.92 Å². The zero-order chi connectivity index (χ0) is 10.3. The summed E-state index contributed by atoms with van der Waals surface area (Å²) in [5.74, 6) is -1.15. The molecule has 5 nitrogen and oxygen atoms in total. The molecule has 0 atom stereocenters. The maximum Gasteiger partial charge on any atom is 0.358 e. The molecule has 0 aromatic carbocycles. The fraction of sp³-hybridized carbons (Fsp3) is 0.125. The molecule has 2 heterocycles. The summed E-state index contributed by atoms with van der Waals surface area (Å²) in [7, 11) is 0. The van der Waals surface area contributed by atoms with Crippen LogP contribution in [0.3, 0.4) is 0 Å². The van der Waals surface area contributed by atoms with Crippen LogP contribution in [0.2, 0.25) is 5.02 Å². The van der Waals surface area contributed by atoms with Crippen molar-refractivity contribution in [3.05, 3.63) is 28.7 Å². The van der Waals surface area contributed by atoms with Crippen LogP contribution < -0.4 is 0 Å². The summed E-state index contributed by atoms with van der Waals surface area (Å²) in [6, 6.07) is 1.72. The molecular weight excluding hydrogens is 206 g/mol. The Labute approximate surface area is 83.9 Å². The van der Waals surface area contributed by atoms with Gasteiger partial charge in [-0.05, 0) is 13.0 Å². The number of nitrogens with zero attached hydrogens (tertiary/aromatic N) is 3. The average Bonchev–Trinajstić information content (AvgIpc) is 2.46. The first-order valence-corrected chi connectivity index (χ1v) is 4.22. The van der Waals surface area contributed by atoms with Crippen LogP contribution in [0.4, 0.5) is 0 Å². The second kappa shape index (κ2) is 2.95. The Balaban J connectivity index is 2.86. The predicted octanol–water partition coefficient (Wildman–Crippen LogP) is 1.39. The third kappa shape index (κ3) is 1.13. The molecule has 0 fully saturated rings. The highest BCUT2D eigenvalue weighted by atomic mass is 35.5. The van der Waals surface area contributed by atoms with Crippen LogP contribution in [0.25, 0.3) is 5.65 Å². The molecule has 14 heavy (non-hydrogen) atoms. The number of carboxylic acids is 1. The summed E-state index contributed by atoms with van der Waals surface area (Å²) in [6.45, 7) is 1.80. The van der Waals surface area contributed by atoms with Gasteiger partial charge in [-0.25, -0.2) is 14.3 Å². The Morgan fingerprint density at radius 1 is 1.64 bits per heavy atom. The highest BCUT2D eigenvalue weighted by Gasteiger charge is 2.18. The van der Waals surface area contributed by atoms with E-state index in [-0.39, 0.29) is 10.7 Å². The minimum atomic E-state index is -1.15. The van der Waals surface area contributed by atoms with Gasteiger partial charge in [0.15, 0.2) is 11.3 Å². The normalized spacial score (nSPS) is 10.7. The first-order valence-electron chi connectivity index (χ1n) is 3.84. The van der Waals surface area contributed by atoms with E-state index < -0.39 is 5.97 Å². The van der Waals surface area contributed by atoms with Crippen molar-refractivity contribution in [1.82, 2.24) is 14.6 Å². The monoisotopic (exact) mass is 211 g/mol. The molecule has 0 spiro atoms. The number of carboxylic acid groups (broad SMARTS) is 1. The smallest absolute Gasteiger partial charge is 0.358 e. The van der Waals surface area contributed by atoms with Crippen molar-refractivity contribution >= 4 is 23.2 Å². The van der Waals surface area contributed by atoms with Crippen molar-refractivity contribution in [1.29, 1.82) is 0 Å². The Morgan fingerprint density at radius 2 is 2.36 bits per heavy atom. The Bertz CT molecular complexity index is 521. The van der Waals surface area contributed by atoms with Crippen LogP contribution >= 0.6 is 11.6 Å². The van der Waals surface area contributed by atoms with Gasteiger partial charge in [0.05, 0.1) is 0 Å². The fourth-order valence-electron chi connectivity index (χ4n) is 1.17. The minimum absolute atomic E-state index is 0.0706. The maximum absolute atomic E-state index is 10.7. The van der Waals surface area contributed by atoms with Gasteiger partial charge >= 0.3 is 5.97 Å². The van der Waals surface area contributed by atoms with Gasteiger partial charge in [0.25, 0.3) is 0 Å². The lowest BCUT2D eigenvalue weighted by molar-refractivity contribution is 0.0690. The summed E-state index contributed by atoms with van der Waals surface area (Å²) >= 11 is 5.80. The van der Waals surface area contributed by atoms with E-state index >= 15 is 0 Å². The third-order valence-electron chi connectivity index (χ3n) is 1.85. The van der Waals surface area contributed by atoms with Crippen LogP contribution in [0.5, 0.6) is 0 Å². The van der Waals surface area contributed by atoms with E-state index in [9.17, 15) is 4.79 Å². The summed E-state index contributed by atoms with van der Waals surface area (Å²) in [5, 5.41) is 12.7. The standard InChI is InChI=1S/C8H6ClN3O2/c1-4-2-3-10-7-5(9)6(8(13)14)11-12(4)7/h2-3H,1H3,(H,13,14). The molecule has 0 aliphatic rings. The molecule has 2 rings (SSSR count). The highest BCUT2D eigenvalue weighted by Crippen LogP contribution is 2.20.